The van der Waals surface area contributed by atoms with Gasteiger partial charge in [0.15, 0.2) is 0 Å². The fourth-order valence-electron chi connectivity index (χ4n) is 2.41. The van der Waals surface area contributed by atoms with E-state index in [1.165, 1.54) is 6.07 Å². The molecular weight excluding hydrogens is 282 g/mol. The van der Waals surface area contributed by atoms with Crippen molar-refractivity contribution in [1.82, 2.24) is 0 Å². The molecule has 3 atom stereocenters. The molecule has 0 heterocycles. The van der Waals surface area contributed by atoms with Crippen LogP contribution in [0.2, 0.25) is 5.02 Å². The number of nitrogens with one attached hydrogen (secondary N) is 1. The van der Waals surface area contributed by atoms with Gasteiger partial charge in [-0.25, -0.2) is 4.79 Å². The fraction of sp³-hybridized carbons (Fsp3) is 0.500. The molecular formula is C14H18ClNO4. The van der Waals surface area contributed by atoms with Crippen LogP contribution in [-0.2, 0) is 9.47 Å². The summed E-state index contributed by atoms with van der Waals surface area (Å²) in [7, 11) is 1.65. The van der Waals surface area contributed by atoms with Crippen LogP contribution in [0.1, 0.15) is 23.7 Å². The molecule has 1 aromatic carbocycles. The van der Waals surface area contributed by atoms with Gasteiger partial charge in [-0.3, -0.25) is 0 Å². The van der Waals surface area contributed by atoms with Crippen molar-refractivity contribution in [1.29, 1.82) is 0 Å². The Morgan fingerprint density at radius 3 is 2.90 bits per heavy atom. The maximum atomic E-state index is 11.0. The number of rotatable bonds is 6. The third-order valence-corrected chi connectivity index (χ3v) is 3.78. The van der Waals surface area contributed by atoms with Gasteiger partial charge in [0, 0.05) is 19.4 Å². The van der Waals surface area contributed by atoms with E-state index in [4.69, 9.17) is 26.2 Å². The number of halogens is 1. The Hall–Kier alpha value is -1.30. The van der Waals surface area contributed by atoms with Gasteiger partial charge in [-0.15, -0.1) is 0 Å². The molecule has 1 saturated carbocycles. The highest BCUT2D eigenvalue weighted by molar-refractivity contribution is 6.33. The van der Waals surface area contributed by atoms with Gasteiger partial charge in [-0.05, 0) is 31.5 Å². The van der Waals surface area contributed by atoms with Crippen LogP contribution >= 0.6 is 11.6 Å². The zero-order chi connectivity index (χ0) is 14.7. The monoisotopic (exact) mass is 299 g/mol. The first-order valence-corrected chi connectivity index (χ1v) is 6.88. The third-order valence-electron chi connectivity index (χ3n) is 3.45. The van der Waals surface area contributed by atoms with Gasteiger partial charge in [-0.2, -0.15) is 0 Å². The van der Waals surface area contributed by atoms with E-state index in [-0.39, 0.29) is 28.8 Å². The summed E-state index contributed by atoms with van der Waals surface area (Å²) in [6, 6.07) is 4.98. The van der Waals surface area contributed by atoms with E-state index in [0.29, 0.717) is 12.3 Å². The molecule has 3 unspecified atom stereocenters. The van der Waals surface area contributed by atoms with Crippen molar-refractivity contribution in [2.75, 3.05) is 19.0 Å². The molecule has 1 fully saturated rings. The Morgan fingerprint density at radius 2 is 2.30 bits per heavy atom. The lowest BCUT2D eigenvalue weighted by molar-refractivity contribution is -0.118. The molecule has 0 spiro atoms. The van der Waals surface area contributed by atoms with Crippen LogP contribution in [0.15, 0.2) is 18.2 Å². The predicted molar refractivity (Wildman–Crippen MR) is 76.7 cm³/mol. The number of carbonyl (C=O) groups is 1. The molecule has 1 aromatic rings. The number of methoxy groups -OCH3 is 1. The quantitative estimate of drug-likeness (QED) is 0.845. The van der Waals surface area contributed by atoms with Gasteiger partial charge in [0.25, 0.3) is 0 Å². The minimum atomic E-state index is -1.04. The summed E-state index contributed by atoms with van der Waals surface area (Å²) in [5.41, 5.74) is 0.806. The summed E-state index contributed by atoms with van der Waals surface area (Å²) in [4.78, 5) is 11.0. The van der Waals surface area contributed by atoms with Crippen LogP contribution < -0.4 is 5.32 Å². The maximum absolute atomic E-state index is 11.0. The Labute approximate surface area is 122 Å². The van der Waals surface area contributed by atoms with E-state index in [1.54, 1.807) is 19.2 Å². The van der Waals surface area contributed by atoms with Crippen molar-refractivity contribution in [3.8, 4) is 0 Å². The third kappa shape index (κ3) is 3.06. The summed E-state index contributed by atoms with van der Waals surface area (Å²) < 4.78 is 11.0. The number of hydrogen-bond acceptors (Lipinski definition) is 4. The molecule has 0 aliphatic heterocycles. The second kappa shape index (κ2) is 6.43. The lowest BCUT2D eigenvalue weighted by Crippen LogP contribution is -2.56. The van der Waals surface area contributed by atoms with Crippen molar-refractivity contribution >= 4 is 23.3 Å². The highest BCUT2D eigenvalue weighted by atomic mass is 35.5. The smallest absolute Gasteiger partial charge is 0.337 e. The van der Waals surface area contributed by atoms with E-state index in [0.717, 1.165) is 6.42 Å². The van der Waals surface area contributed by atoms with Gasteiger partial charge in [0.05, 0.1) is 22.7 Å². The summed E-state index contributed by atoms with van der Waals surface area (Å²) >= 11 is 5.84. The minimum absolute atomic E-state index is 0.0288. The molecule has 20 heavy (non-hydrogen) atoms. The summed E-state index contributed by atoms with van der Waals surface area (Å²) in [6.07, 6.45) is 0.893. The fourth-order valence-corrected chi connectivity index (χ4v) is 2.61. The second-order valence-electron chi connectivity index (χ2n) is 4.68. The van der Waals surface area contributed by atoms with Gasteiger partial charge in [-0.1, -0.05) is 11.6 Å². The molecule has 0 saturated heterocycles. The maximum Gasteiger partial charge on any atom is 0.337 e. The molecule has 1 aliphatic carbocycles. The Kier molecular flexibility index (Phi) is 4.86. The number of carboxylic acids is 1. The van der Waals surface area contributed by atoms with E-state index in [1.807, 2.05) is 6.92 Å². The molecule has 110 valence electrons. The zero-order valence-electron chi connectivity index (χ0n) is 11.4. The topological polar surface area (TPSA) is 67.8 Å². The van der Waals surface area contributed by atoms with Crippen molar-refractivity contribution in [3.05, 3.63) is 28.8 Å². The average Bonchev–Trinajstić information content (AvgIpc) is 2.39. The first kappa shape index (κ1) is 15.1. The lowest BCUT2D eigenvalue weighted by Gasteiger charge is -2.43. The number of ether oxygens (including phenoxy) is 2. The van der Waals surface area contributed by atoms with Crippen LogP contribution in [0, 0.1) is 0 Å². The first-order valence-electron chi connectivity index (χ1n) is 6.50. The highest BCUT2D eigenvalue weighted by Crippen LogP contribution is 2.31. The minimum Gasteiger partial charge on any atom is -0.478 e. The predicted octanol–water partition coefficient (Wildman–Crippen LogP) is 2.64. The molecule has 2 N–H and O–H groups in total. The Balaban J connectivity index is 2.04. The summed E-state index contributed by atoms with van der Waals surface area (Å²) in [5.74, 6) is -1.04. The van der Waals surface area contributed by atoms with Crippen molar-refractivity contribution in [3.63, 3.8) is 0 Å². The van der Waals surface area contributed by atoms with Gasteiger partial charge >= 0.3 is 5.97 Å². The summed E-state index contributed by atoms with van der Waals surface area (Å²) in [5, 5.41) is 12.5. The second-order valence-corrected chi connectivity index (χ2v) is 5.09. The van der Waals surface area contributed by atoms with E-state index in [2.05, 4.69) is 5.32 Å². The van der Waals surface area contributed by atoms with Crippen LogP contribution in [-0.4, -0.2) is 43.0 Å². The Morgan fingerprint density at radius 1 is 1.55 bits per heavy atom. The molecule has 0 aromatic heterocycles. The van der Waals surface area contributed by atoms with Crippen molar-refractivity contribution in [2.24, 2.45) is 0 Å². The van der Waals surface area contributed by atoms with Crippen molar-refractivity contribution in [2.45, 2.75) is 31.6 Å². The molecule has 5 nitrogen and oxygen atoms in total. The van der Waals surface area contributed by atoms with E-state index < -0.39 is 5.97 Å². The number of benzene rings is 1. The van der Waals surface area contributed by atoms with E-state index >= 15 is 0 Å². The standard InChI is InChI=1S/C14H18ClNO4/c1-3-20-12-7-11(13(12)19-2)16-8-4-5-10(15)9(6-8)14(17)18/h4-6,11-13,16H,3,7H2,1-2H3,(H,17,18). The number of aromatic carboxylic acids is 1. The molecule has 1 aliphatic rings. The van der Waals surface area contributed by atoms with Gasteiger partial charge in [0.1, 0.15) is 6.10 Å². The van der Waals surface area contributed by atoms with Gasteiger partial charge in [0.2, 0.25) is 0 Å². The van der Waals surface area contributed by atoms with Crippen LogP contribution in [0.3, 0.4) is 0 Å². The molecule has 0 radical (unpaired) electrons. The number of hydrogen-bond donors (Lipinski definition) is 2. The lowest BCUT2D eigenvalue weighted by atomic mass is 9.85. The molecule has 6 heteroatoms. The molecule has 2 rings (SSSR count). The van der Waals surface area contributed by atoms with Crippen LogP contribution in [0.5, 0.6) is 0 Å². The van der Waals surface area contributed by atoms with E-state index in [9.17, 15) is 4.79 Å². The van der Waals surface area contributed by atoms with Gasteiger partial charge < -0.3 is 19.9 Å². The zero-order valence-corrected chi connectivity index (χ0v) is 12.2. The molecule has 0 bridgehead atoms. The molecule has 0 amide bonds. The van der Waals surface area contributed by atoms with Crippen LogP contribution in [0.25, 0.3) is 0 Å². The first-order chi connectivity index (χ1) is 9.56. The normalized spacial score (nSPS) is 25.1. The number of anilines is 1. The summed E-state index contributed by atoms with van der Waals surface area (Å²) in [6.45, 7) is 2.60. The highest BCUT2D eigenvalue weighted by Gasteiger charge is 2.42. The number of carboxylic acid groups (broad SMARTS) is 1. The largest absolute Gasteiger partial charge is 0.478 e. The van der Waals surface area contributed by atoms with Crippen LogP contribution in [0.4, 0.5) is 5.69 Å². The SMILES string of the molecule is CCOC1CC(Nc2ccc(Cl)c(C(=O)O)c2)C1OC. The van der Waals surface area contributed by atoms with Crippen molar-refractivity contribution < 1.29 is 19.4 Å². The Bertz CT molecular complexity index is 494. The average molecular weight is 300 g/mol.